The summed E-state index contributed by atoms with van der Waals surface area (Å²) in [5, 5.41) is 4.05. The van der Waals surface area contributed by atoms with Gasteiger partial charge in [-0.2, -0.15) is 4.98 Å². The minimum absolute atomic E-state index is 0. The molecule has 10 heteroatoms. The van der Waals surface area contributed by atoms with E-state index in [9.17, 15) is 9.59 Å². The number of hydrogen-bond acceptors (Lipinski definition) is 7. The normalized spacial score (nSPS) is 17.6. The van der Waals surface area contributed by atoms with Crippen molar-refractivity contribution in [1.29, 1.82) is 0 Å². The van der Waals surface area contributed by atoms with Crippen LogP contribution >= 0.6 is 12.4 Å². The van der Waals surface area contributed by atoms with Crippen molar-refractivity contribution in [3.63, 3.8) is 0 Å². The van der Waals surface area contributed by atoms with E-state index in [0.29, 0.717) is 50.0 Å². The van der Waals surface area contributed by atoms with Gasteiger partial charge in [-0.25, -0.2) is 0 Å². The summed E-state index contributed by atoms with van der Waals surface area (Å²) in [6, 6.07) is 3.41. The van der Waals surface area contributed by atoms with Gasteiger partial charge < -0.3 is 18.7 Å². The summed E-state index contributed by atoms with van der Waals surface area (Å²) in [4.78, 5) is 34.9. The van der Waals surface area contributed by atoms with Gasteiger partial charge in [0.15, 0.2) is 11.6 Å². The van der Waals surface area contributed by atoms with Crippen LogP contribution in [0, 0.1) is 0 Å². The fraction of sp³-hybridized carbons (Fsp3) is 0.600. The van der Waals surface area contributed by atoms with Crippen molar-refractivity contribution in [2.75, 3.05) is 39.3 Å². The third kappa shape index (κ3) is 5.60. The topological polar surface area (TPSA) is 95.9 Å². The Balaban J connectivity index is 0.00000256. The Hall–Kier alpha value is -2.39. The van der Waals surface area contributed by atoms with Crippen LogP contribution in [-0.4, -0.2) is 75.9 Å². The highest BCUT2D eigenvalue weighted by Crippen LogP contribution is 2.13. The number of hydrogen-bond donors (Lipinski definition) is 0. The first kappa shape index (κ1) is 22.3. The van der Waals surface area contributed by atoms with Gasteiger partial charge in [0.1, 0.15) is 0 Å². The van der Waals surface area contributed by atoms with Gasteiger partial charge in [0.05, 0.1) is 12.8 Å². The van der Waals surface area contributed by atoms with E-state index in [-0.39, 0.29) is 24.2 Å². The lowest BCUT2D eigenvalue weighted by atomic mass is 10.1. The molecule has 2 aliphatic rings. The molecule has 2 aromatic heterocycles. The molecule has 0 bridgehead atoms. The molecule has 2 aromatic rings. The van der Waals surface area contributed by atoms with Crippen LogP contribution in [0.5, 0.6) is 0 Å². The van der Waals surface area contributed by atoms with Crippen LogP contribution in [0.3, 0.4) is 0 Å². The molecular weight excluding hydrogens is 410 g/mol. The van der Waals surface area contributed by atoms with E-state index < -0.39 is 0 Å². The van der Waals surface area contributed by atoms with Crippen LogP contribution in [-0.2, 0) is 17.8 Å². The number of aromatic nitrogens is 2. The zero-order valence-electron chi connectivity index (χ0n) is 17.0. The van der Waals surface area contributed by atoms with E-state index in [1.165, 1.54) is 12.7 Å². The molecule has 0 spiro atoms. The highest BCUT2D eigenvalue weighted by molar-refractivity contribution is 5.91. The van der Waals surface area contributed by atoms with Crippen molar-refractivity contribution in [2.45, 2.75) is 38.6 Å². The van der Waals surface area contributed by atoms with E-state index in [0.717, 1.165) is 39.0 Å². The van der Waals surface area contributed by atoms with Crippen molar-refractivity contribution < 1.29 is 18.5 Å². The molecule has 0 N–H and O–H groups in total. The molecule has 164 valence electrons. The molecule has 30 heavy (non-hydrogen) atoms. The van der Waals surface area contributed by atoms with Gasteiger partial charge >= 0.3 is 0 Å². The third-order valence-corrected chi connectivity index (χ3v) is 5.53. The number of halogens is 1. The van der Waals surface area contributed by atoms with E-state index in [4.69, 9.17) is 8.94 Å². The molecule has 4 rings (SSSR count). The number of furan rings is 1. The van der Waals surface area contributed by atoms with Gasteiger partial charge in [-0.3, -0.25) is 14.5 Å². The Morgan fingerprint density at radius 3 is 2.47 bits per heavy atom. The zero-order chi connectivity index (χ0) is 20.1. The summed E-state index contributed by atoms with van der Waals surface area (Å²) < 4.78 is 10.5. The summed E-state index contributed by atoms with van der Waals surface area (Å²) in [6.07, 6.45) is 5.80. The summed E-state index contributed by atoms with van der Waals surface area (Å²) >= 11 is 0. The second-order valence-corrected chi connectivity index (χ2v) is 7.59. The lowest BCUT2D eigenvalue weighted by molar-refractivity contribution is -0.132. The van der Waals surface area contributed by atoms with Gasteiger partial charge in [0.2, 0.25) is 11.8 Å². The van der Waals surface area contributed by atoms with Crippen molar-refractivity contribution in [3.05, 3.63) is 35.9 Å². The van der Waals surface area contributed by atoms with Gasteiger partial charge in [-0.05, 0) is 31.4 Å². The Morgan fingerprint density at radius 1 is 1.00 bits per heavy atom. The second kappa shape index (κ2) is 10.6. The van der Waals surface area contributed by atoms with E-state index in [1.54, 1.807) is 17.0 Å². The molecule has 0 aliphatic carbocycles. The number of carbonyl (C=O) groups is 2. The van der Waals surface area contributed by atoms with Crippen LogP contribution in [0.1, 0.15) is 48.0 Å². The molecule has 2 aliphatic heterocycles. The maximum atomic E-state index is 12.3. The van der Waals surface area contributed by atoms with Crippen molar-refractivity contribution in [3.8, 4) is 0 Å². The molecule has 0 unspecified atom stereocenters. The maximum Gasteiger partial charge on any atom is 0.289 e. The van der Waals surface area contributed by atoms with Crippen LogP contribution in [0.15, 0.2) is 27.3 Å². The number of carbonyl (C=O) groups excluding carboxylic acids is 2. The standard InChI is InChI=1S/C20H27N5O4.ClH/c26-19(24-8-2-1-3-9-24)7-6-18-21-17(22-29-18)15-23-10-12-25(13-11-23)20(27)16-5-4-14-28-16;/h4-5,14H,1-3,6-13,15H2;1H. The van der Waals surface area contributed by atoms with Gasteiger partial charge in [0.25, 0.3) is 5.91 Å². The molecule has 0 saturated carbocycles. The average Bonchev–Trinajstić information content (AvgIpc) is 3.45. The van der Waals surface area contributed by atoms with Crippen molar-refractivity contribution >= 4 is 24.2 Å². The summed E-state index contributed by atoms with van der Waals surface area (Å²) in [7, 11) is 0. The number of piperazine rings is 1. The minimum Gasteiger partial charge on any atom is -0.459 e. The molecule has 0 atom stereocenters. The monoisotopic (exact) mass is 437 g/mol. The molecular formula is C20H28ClN5O4. The average molecular weight is 438 g/mol. The molecule has 0 aromatic carbocycles. The number of likely N-dealkylation sites (tertiary alicyclic amines) is 1. The molecule has 2 saturated heterocycles. The van der Waals surface area contributed by atoms with Crippen LogP contribution in [0.4, 0.5) is 0 Å². The SMILES string of the molecule is Cl.O=C(CCc1nc(CN2CCN(C(=O)c3ccco3)CC2)no1)N1CCCCC1. The van der Waals surface area contributed by atoms with E-state index in [2.05, 4.69) is 15.0 Å². The molecule has 9 nitrogen and oxygen atoms in total. The number of amides is 2. The Morgan fingerprint density at radius 2 is 1.77 bits per heavy atom. The maximum absolute atomic E-state index is 12.3. The highest BCUT2D eigenvalue weighted by Gasteiger charge is 2.24. The molecule has 2 amide bonds. The third-order valence-electron chi connectivity index (χ3n) is 5.53. The minimum atomic E-state index is -0.0742. The smallest absolute Gasteiger partial charge is 0.289 e. The van der Waals surface area contributed by atoms with Crippen LogP contribution in [0.25, 0.3) is 0 Å². The Kier molecular flexibility index (Phi) is 7.87. The molecule has 0 radical (unpaired) electrons. The Bertz CT molecular complexity index is 811. The fourth-order valence-electron chi connectivity index (χ4n) is 3.84. The highest BCUT2D eigenvalue weighted by atomic mass is 35.5. The first-order valence-corrected chi connectivity index (χ1v) is 10.3. The molecule has 4 heterocycles. The number of rotatable bonds is 6. The predicted molar refractivity (Wildman–Crippen MR) is 110 cm³/mol. The van der Waals surface area contributed by atoms with Crippen molar-refractivity contribution in [1.82, 2.24) is 24.8 Å². The largest absolute Gasteiger partial charge is 0.459 e. The quantitative estimate of drug-likeness (QED) is 0.681. The predicted octanol–water partition coefficient (Wildman–Crippen LogP) is 1.99. The lowest BCUT2D eigenvalue weighted by Gasteiger charge is -2.33. The first-order valence-electron chi connectivity index (χ1n) is 10.3. The van der Waals surface area contributed by atoms with E-state index >= 15 is 0 Å². The summed E-state index contributed by atoms with van der Waals surface area (Å²) in [6.45, 7) is 5.05. The summed E-state index contributed by atoms with van der Waals surface area (Å²) in [5.74, 6) is 1.60. The van der Waals surface area contributed by atoms with Gasteiger partial charge in [-0.1, -0.05) is 5.16 Å². The van der Waals surface area contributed by atoms with Crippen molar-refractivity contribution in [2.24, 2.45) is 0 Å². The zero-order valence-corrected chi connectivity index (χ0v) is 17.8. The second-order valence-electron chi connectivity index (χ2n) is 7.59. The number of aryl methyl sites for hydroxylation is 1. The van der Waals surface area contributed by atoms with Crippen LogP contribution < -0.4 is 0 Å². The molecule has 2 fully saturated rings. The number of nitrogens with zero attached hydrogens (tertiary/aromatic N) is 5. The van der Waals surface area contributed by atoms with Gasteiger partial charge in [0, 0.05) is 52.1 Å². The first-order chi connectivity index (χ1) is 14.2. The summed E-state index contributed by atoms with van der Waals surface area (Å²) in [5.41, 5.74) is 0. The lowest BCUT2D eigenvalue weighted by Crippen LogP contribution is -2.48. The van der Waals surface area contributed by atoms with Gasteiger partial charge in [-0.15, -0.1) is 12.4 Å². The Labute approximate surface area is 181 Å². The number of piperidine rings is 1. The van der Waals surface area contributed by atoms with Crippen LogP contribution in [0.2, 0.25) is 0 Å². The van der Waals surface area contributed by atoms with E-state index in [1.807, 2.05) is 4.90 Å². The fourth-order valence-corrected chi connectivity index (χ4v) is 3.84.